The van der Waals surface area contributed by atoms with Gasteiger partial charge in [0.2, 0.25) is 0 Å². The summed E-state index contributed by atoms with van der Waals surface area (Å²) in [6.07, 6.45) is 4.46. The fraction of sp³-hybridized carbons (Fsp3) is 0.353. The van der Waals surface area contributed by atoms with Gasteiger partial charge in [-0.15, -0.1) is 0 Å². The molecule has 1 saturated carbocycles. The lowest BCUT2D eigenvalue weighted by atomic mass is 10.2. The van der Waals surface area contributed by atoms with Crippen molar-refractivity contribution < 1.29 is 9.13 Å². The number of ether oxygens (including phenoxy) is 1. The van der Waals surface area contributed by atoms with E-state index in [4.69, 9.17) is 4.74 Å². The fourth-order valence-electron chi connectivity index (χ4n) is 2.12. The molecule has 3 rings (SSSR count). The molecule has 0 aliphatic heterocycles. The maximum Gasteiger partial charge on any atom is 0.130 e. The van der Waals surface area contributed by atoms with Crippen molar-refractivity contribution in [2.75, 3.05) is 0 Å². The van der Waals surface area contributed by atoms with Crippen molar-refractivity contribution >= 4 is 0 Å². The summed E-state index contributed by atoms with van der Waals surface area (Å²) in [7, 11) is 0. The highest BCUT2D eigenvalue weighted by atomic mass is 19.1. The lowest BCUT2D eigenvalue weighted by Crippen LogP contribution is -2.15. The number of halogens is 1. The maximum absolute atomic E-state index is 13.0. The van der Waals surface area contributed by atoms with E-state index in [0.29, 0.717) is 18.4 Å². The third-order valence-electron chi connectivity index (χ3n) is 3.57. The van der Waals surface area contributed by atoms with Gasteiger partial charge in [0.25, 0.3) is 0 Å². The molecule has 1 fully saturated rings. The molecule has 0 bridgehead atoms. The molecule has 1 aromatic heterocycles. The first-order chi connectivity index (χ1) is 10.2. The van der Waals surface area contributed by atoms with Crippen LogP contribution < -0.4 is 10.1 Å². The molecule has 0 unspecified atom stereocenters. The van der Waals surface area contributed by atoms with Crippen LogP contribution in [0.2, 0.25) is 0 Å². The van der Waals surface area contributed by atoms with Crippen molar-refractivity contribution in [3.05, 3.63) is 59.2 Å². The summed E-state index contributed by atoms with van der Waals surface area (Å²) < 4.78 is 18.7. The largest absolute Gasteiger partial charge is 0.487 e. The molecule has 1 heterocycles. The fourth-order valence-corrected chi connectivity index (χ4v) is 2.12. The van der Waals surface area contributed by atoms with E-state index in [1.54, 1.807) is 6.07 Å². The van der Waals surface area contributed by atoms with Gasteiger partial charge in [-0.3, -0.25) is 4.98 Å². The highest BCUT2D eigenvalue weighted by Gasteiger charge is 2.19. The monoisotopic (exact) mass is 286 g/mol. The zero-order valence-corrected chi connectivity index (χ0v) is 12.1. The highest BCUT2D eigenvalue weighted by molar-refractivity contribution is 5.32. The number of aryl methyl sites for hydroxylation is 1. The molecule has 1 N–H and O–H groups in total. The molecule has 0 amide bonds. The van der Waals surface area contributed by atoms with Crippen molar-refractivity contribution in [3.8, 4) is 5.75 Å². The average Bonchev–Trinajstić information content (AvgIpc) is 3.30. The molecule has 2 aromatic rings. The highest BCUT2D eigenvalue weighted by Crippen LogP contribution is 2.20. The Bertz CT molecular complexity index is 609. The smallest absolute Gasteiger partial charge is 0.130 e. The van der Waals surface area contributed by atoms with E-state index in [-0.39, 0.29) is 5.82 Å². The first-order valence-corrected chi connectivity index (χ1v) is 7.27. The Morgan fingerprint density at radius 2 is 2.14 bits per heavy atom. The zero-order valence-electron chi connectivity index (χ0n) is 12.1. The number of aromatic nitrogens is 1. The van der Waals surface area contributed by atoms with Gasteiger partial charge in [0.1, 0.15) is 18.2 Å². The van der Waals surface area contributed by atoms with Gasteiger partial charge < -0.3 is 10.1 Å². The predicted octanol–water partition coefficient (Wildman–Crippen LogP) is 3.36. The molecule has 0 atom stereocenters. The first-order valence-electron chi connectivity index (χ1n) is 7.27. The molecule has 110 valence electrons. The first kappa shape index (κ1) is 14.0. The summed E-state index contributed by atoms with van der Waals surface area (Å²) in [6, 6.07) is 9.27. The lowest BCUT2D eigenvalue weighted by Gasteiger charge is -2.09. The van der Waals surface area contributed by atoms with Crippen molar-refractivity contribution in [1.29, 1.82) is 0 Å². The van der Waals surface area contributed by atoms with Crippen molar-refractivity contribution in [3.63, 3.8) is 0 Å². The van der Waals surface area contributed by atoms with Gasteiger partial charge >= 0.3 is 0 Å². The van der Waals surface area contributed by atoms with Crippen molar-refractivity contribution in [1.82, 2.24) is 10.3 Å². The summed E-state index contributed by atoms with van der Waals surface area (Å²) in [5, 5.41) is 3.46. The predicted molar refractivity (Wildman–Crippen MR) is 79.6 cm³/mol. The van der Waals surface area contributed by atoms with Crippen molar-refractivity contribution in [2.24, 2.45) is 0 Å². The Kier molecular flexibility index (Phi) is 4.15. The van der Waals surface area contributed by atoms with Crippen LogP contribution in [0, 0.1) is 12.7 Å². The Morgan fingerprint density at radius 3 is 2.81 bits per heavy atom. The van der Waals surface area contributed by atoms with Crippen LogP contribution in [0.3, 0.4) is 0 Å². The molecule has 21 heavy (non-hydrogen) atoms. The van der Waals surface area contributed by atoms with Gasteiger partial charge in [0, 0.05) is 18.8 Å². The third-order valence-corrected chi connectivity index (χ3v) is 3.57. The second kappa shape index (κ2) is 6.22. The Hall–Kier alpha value is -1.94. The number of pyridine rings is 1. The van der Waals surface area contributed by atoms with Gasteiger partial charge in [0.05, 0.1) is 5.69 Å². The quantitative estimate of drug-likeness (QED) is 0.884. The molecular formula is C17H19FN2O. The Balaban J connectivity index is 1.54. The van der Waals surface area contributed by atoms with E-state index in [0.717, 1.165) is 17.8 Å². The number of benzene rings is 1. The number of nitrogens with zero attached hydrogens (tertiary/aromatic N) is 1. The Morgan fingerprint density at radius 1 is 1.29 bits per heavy atom. The van der Waals surface area contributed by atoms with Crippen molar-refractivity contribution in [2.45, 2.75) is 39.0 Å². The molecule has 1 aliphatic carbocycles. The van der Waals surface area contributed by atoms with Crippen LogP contribution in [0.25, 0.3) is 0 Å². The summed E-state index contributed by atoms with van der Waals surface area (Å²) in [5.74, 6) is 0.447. The zero-order chi connectivity index (χ0) is 14.7. The van der Waals surface area contributed by atoms with Crippen LogP contribution in [0.15, 0.2) is 36.5 Å². The van der Waals surface area contributed by atoms with E-state index in [1.165, 1.54) is 30.5 Å². The number of nitrogens with one attached hydrogen (secondary N) is 1. The molecule has 1 aliphatic rings. The standard InChI is InChI=1S/C17H19FN2O/c1-12-8-14(18)3-7-17(12)21-11-16-4-2-13(10-20-16)9-19-15-5-6-15/h2-4,7-8,10,15,19H,5-6,9,11H2,1H3. The minimum absolute atomic E-state index is 0.245. The number of hydrogen-bond acceptors (Lipinski definition) is 3. The van der Waals surface area contributed by atoms with Gasteiger partial charge in [-0.25, -0.2) is 4.39 Å². The Labute approximate surface area is 124 Å². The van der Waals surface area contributed by atoms with Crippen LogP contribution in [0.5, 0.6) is 5.75 Å². The van der Waals surface area contributed by atoms with Gasteiger partial charge in [-0.1, -0.05) is 6.07 Å². The topological polar surface area (TPSA) is 34.1 Å². The van der Waals surface area contributed by atoms with E-state index >= 15 is 0 Å². The summed E-state index contributed by atoms with van der Waals surface area (Å²) in [4.78, 5) is 4.40. The SMILES string of the molecule is Cc1cc(F)ccc1OCc1ccc(CNC2CC2)cn1. The molecule has 0 radical (unpaired) electrons. The minimum Gasteiger partial charge on any atom is -0.487 e. The van der Waals surface area contributed by atoms with Crippen LogP contribution in [0.1, 0.15) is 29.7 Å². The van der Waals surface area contributed by atoms with Gasteiger partial charge in [-0.2, -0.15) is 0 Å². The second-order valence-electron chi connectivity index (χ2n) is 5.51. The van der Waals surface area contributed by atoms with Crippen LogP contribution in [-0.4, -0.2) is 11.0 Å². The van der Waals surface area contributed by atoms with E-state index < -0.39 is 0 Å². The van der Waals surface area contributed by atoms with E-state index in [2.05, 4.69) is 16.4 Å². The summed E-state index contributed by atoms with van der Waals surface area (Å²) >= 11 is 0. The normalized spacial score (nSPS) is 14.2. The molecular weight excluding hydrogens is 267 g/mol. The second-order valence-corrected chi connectivity index (χ2v) is 5.51. The van der Waals surface area contributed by atoms with Crippen LogP contribution >= 0.6 is 0 Å². The van der Waals surface area contributed by atoms with Gasteiger partial charge in [-0.05, 0) is 55.2 Å². The molecule has 4 heteroatoms. The average molecular weight is 286 g/mol. The number of rotatable bonds is 6. The lowest BCUT2D eigenvalue weighted by molar-refractivity contribution is 0.298. The molecule has 1 aromatic carbocycles. The van der Waals surface area contributed by atoms with Crippen LogP contribution in [0.4, 0.5) is 4.39 Å². The molecule has 0 spiro atoms. The number of hydrogen-bond donors (Lipinski definition) is 1. The minimum atomic E-state index is -0.245. The molecule has 3 nitrogen and oxygen atoms in total. The van der Waals surface area contributed by atoms with E-state index in [9.17, 15) is 4.39 Å². The summed E-state index contributed by atoms with van der Waals surface area (Å²) in [5.41, 5.74) is 2.85. The van der Waals surface area contributed by atoms with E-state index in [1.807, 2.05) is 19.2 Å². The maximum atomic E-state index is 13.0. The molecule has 0 saturated heterocycles. The van der Waals surface area contributed by atoms with Crippen LogP contribution in [-0.2, 0) is 13.2 Å². The van der Waals surface area contributed by atoms with Gasteiger partial charge in [0.15, 0.2) is 0 Å². The third kappa shape index (κ3) is 4.02. The summed E-state index contributed by atoms with van der Waals surface area (Å²) in [6.45, 7) is 3.09.